The van der Waals surface area contributed by atoms with Gasteiger partial charge in [0.2, 0.25) is 11.8 Å². The van der Waals surface area contributed by atoms with E-state index >= 15 is 0 Å². The summed E-state index contributed by atoms with van der Waals surface area (Å²) in [6.45, 7) is 1.88. The molecule has 1 fully saturated rings. The number of amidine groups is 1. The quantitative estimate of drug-likeness (QED) is 0.789. The maximum atomic E-state index is 12.5. The Labute approximate surface area is 172 Å². The molecule has 8 heteroatoms. The van der Waals surface area contributed by atoms with Crippen molar-refractivity contribution in [1.82, 2.24) is 4.90 Å². The van der Waals surface area contributed by atoms with E-state index in [1.807, 2.05) is 19.1 Å². The fourth-order valence-electron chi connectivity index (χ4n) is 2.67. The number of thioether (sulfide) groups is 1. The summed E-state index contributed by atoms with van der Waals surface area (Å²) in [5.41, 5.74) is 2.20. The van der Waals surface area contributed by atoms with Gasteiger partial charge < -0.3 is 10.1 Å². The molecule has 0 spiro atoms. The van der Waals surface area contributed by atoms with Crippen molar-refractivity contribution < 1.29 is 14.3 Å². The van der Waals surface area contributed by atoms with Crippen LogP contribution in [0.3, 0.4) is 0 Å². The van der Waals surface area contributed by atoms with Crippen LogP contribution in [0.2, 0.25) is 5.02 Å². The molecule has 1 atom stereocenters. The first kappa shape index (κ1) is 20.2. The highest BCUT2D eigenvalue weighted by Crippen LogP contribution is 2.33. The van der Waals surface area contributed by atoms with Crippen LogP contribution in [-0.4, -0.2) is 41.3 Å². The van der Waals surface area contributed by atoms with Gasteiger partial charge in [0.05, 0.1) is 12.8 Å². The van der Waals surface area contributed by atoms with Crippen LogP contribution in [0.25, 0.3) is 0 Å². The van der Waals surface area contributed by atoms with E-state index in [-0.39, 0.29) is 18.2 Å². The average Bonchev–Trinajstić information content (AvgIpc) is 2.94. The monoisotopic (exact) mass is 417 g/mol. The SMILES string of the molecule is COc1ccc(NC(=O)C[C@@H]2SC(=Nc3cccc(Cl)c3C)N(C)C2=O)cc1. The molecule has 146 valence electrons. The Morgan fingerprint density at radius 3 is 2.68 bits per heavy atom. The van der Waals surface area contributed by atoms with Gasteiger partial charge in [-0.1, -0.05) is 29.4 Å². The van der Waals surface area contributed by atoms with E-state index in [0.29, 0.717) is 27.3 Å². The number of nitrogens with zero attached hydrogens (tertiary/aromatic N) is 2. The van der Waals surface area contributed by atoms with Crippen molar-refractivity contribution in [2.75, 3.05) is 19.5 Å². The lowest BCUT2D eigenvalue weighted by Gasteiger charge is -2.10. The van der Waals surface area contributed by atoms with Crippen molar-refractivity contribution in [3.05, 3.63) is 53.1 Å². The second kappa shape index (κ2) is 8.67. The molecule has 6 nitrogen and oxygen atoms in total. The number of ether oxygens (including phenoxy) is 1. The molecule has 1 aliphatic rings. The van der Waals surface area contributed by atoms with E-state index < -0.39 is 5.25 Å². The summed E-state index contributed by atoms with van der Waals surface area (Å²) in [7, 11) is 3.24. The lowest BCUT2D eigenvalue weighted by molar-refractivity contribution is -0.127. The summed E-state index contributed by atoms with van der Waals surface area (Å²) in [6, 6.07) is 12.5. The fourth-order valence-corrected chi connectivity index (χ4v) is 3.99. The zero-order valence-electron chi connectivity index (χ0n) is 15.7. The number of carbonyl (C=O) groups excluding carboxylic acids is 2. The highest BCUT2D eigenvalue weighted by atomic mass is 35.5. The van der Waals surface area contributed by atoms with E-state index in [4.69, 9.17) is 16.3 Å². The van der Waals surface area contributed by atoms with Crippen LogP contribution in [-0.2, 0) is 9.59 Å². The lowest BCUT2D eigenvalue weighted by atomic mass is 10.2. The Hall–Kier alpha value is -2.51. The Morgan fingerprint density at radius 1 is 1.29 bits per heavy atom. The van der Waals surface area contributed by atoms with Crippen LogP contribution in [0.1, 0.15) is 12.0 Å². The lowest BCUT2D eigenvalue weighted by Crippen LogP contribution is -2.30. The number of anilines is 1. The van der Waals surface area contributed by atoms with Crippen molar-refractivity contribution in [2.45, 2.75) is 18.6 Å². The van der Waals surface area contributed by atoms with Crippen LogP contribution < -0.4 is 10.1 Å². The average molecular weight is 418 g/mol. The molecule has 0 unspecified atom stereocenters. The Balaban J connectivity index is 1.68. The van der Waals surface area contributed by atoms with Crippen molar-refractivity contribution in [2.24, 2.45) is 4.99 Å². The molecule has 2 aromatic carbocycles. The molecule has 1 heterocycles. The van der Waals surface area contributed by atoms with Crippen molar-refractivity contribution in [1.29, 1.82) is 0 Å². The number of rotatable bonds is 5. The summed E-state index contributed by atoms with van der Waals surface area (Å²) < 4.78 is 5.10. The van der Waals surface area contributed by atoms with Gasteiger partial charge in [0, 0.05) is 24.2 Å². The third-order valence-corrected chi connectivity index (χ3v) is 5.98. The minimum Gasteiger partial charge on any atom is -0.497 e. The molecular weight excluding hydrogens is 398 g/mol. The van der Waals surface area contributed by atoms with E-state index in [0.717, 1.165) is 5.56 Å². The van der Waals surface area contributed by atoms with Gasteiger partial charge in [-0.2, -0.15) is 0 Å². The van der Waals surface area contributed by atoms with E-state index in [9.17, 15) is 9.59 Å². The third kappa shape index (κ3) is 4.48. The molecule has 1 saturated heterocycles. The van der Waals surface area contributed by atoms with Crippen LogP contribution in [0.15, 0.2) is 47.5 Å². The molecule has 1 N–H and O–H groups in total. The molecule has 2 aromatic rings. The van der Waals surface area contributed by atoms with Crippen LogP contribution in [0.5, 0.6) is 5.75 Å². The molecular formula is C20H20ClN3O3S. The standard InChI is InChI=1S/C20H20ClN3O3S/c1-12-15(21)5-4-6-16(12)23-20-24(2)19(26)17(28-20)11-18(25)22-13-7-9-14(27-3)10-8-13/h4-10,17H,11H2,1-3H3,(H,22,25)/t17-/m0/s1. The van der Waals surface area contributed by atoms with Crippen LogP contribution >= 0.6 is 23.4 Å². The highest BCUT2D eigenvalue weighted by Gasteiger charge is 2.37. The predicted molar refractivity (Wildman–Crippen MR) is 114 cm³/mol. The zero-order chi connectivity index (χ0) is 20.3. The van der Waals surface area contributed by atoms with Crippen molar-refractivity contribution >= 4 is 51.7 Å². The van der Waals surface area contributed by atoms with Crippen molar-refractivity contribution in [3.63, 3.8) is 0 Å². The van der Waals surface area contributed by atoms with E-state index in [1.165, 1.54) is 16.7 Å². The molecule has 0 radical (unpaired) electrons. The predicted octanol–water partition coefficient (Wildman–Crippen LogP) is 4.25. The third-order valence-electron chi connectivity index (χ3n) is 4.34. The fraction of sp³-hybridized carbons (Fsp3) is 0.250. The number of halogens is 1. The van der Waals surface area contributed by atoms with Gasteiger partial charge in [0.15, 0.2) is 5.17 Å². The smallest absolute Gasteiger partial charge is 0.242 e. The minimum absolute atomic E-state index is 0.0629. The summed E-state index contributed by atoms with van der Waals surface area (Å²) >= 11 is 7.42. The number of carbonyl (C=O) groups is 2. The molecule has 0 saturated carbocycles. The maximum Gasteiger partial charge on any atom is 0.242 e. The normalized spacial score (nSPS) is 17.9. The Bertz CT molecular complexity index is 931. The first-order valence-electron chi connectivity index (χ1n) is 8.61. The number of aliphatic imine (C=N–C) groups is 1. The van der Waals surface area contributed by atoms with Gasteiger partial charge in [0.25, 0.3) is 0 Å². The summed E-state index contributed by atoms with van der Waals surface area (Å²) in [5, 5.41) is 3.46. The van der Waals surface area contributed by atoms with Gasteiger partial charge in [0.1, 0.15) is 11.0 Å². The Morgan fingerprint density at radius 2 is 2.00 bits per heavy atom. The van der Waals surface area contributed by atoms with Gasteiger partial charge in [-0.3, -0.25) is 14.5 Å². The number of nitrogens with one attached hydrogen (secondary N) is 1. The summed E-state index contributed by atoms with van der Waals surface area (Å²) in [5.74, 6) is 0.330. The molecule has 1 aliphatic heterocycles. The molecule has 0 bridgehead atoms. The zero-order valence-corrected chi connectivity index (χ0v) is 17.3. The van der Waals surface area contributed by atoms with Gasteiger partial charge in [-0.25, -0.2) is 4.99 Å². The van der Waals surface area contributed by atoms with Crippen LogP contribution in [0, 0.1) is 6.92 Å². The van der Waals surface area contributed by atoms with E-state index in [1.54, 1.807) is 44.5 Å². The number of methoxy groups -OCH3 is 1. The largest absolute Gasteiger partial charge is 0.497 e. The van der Waals surface area contributed by atoms with Crippen LogP contribution in [0.4, 0.5) is 11.4 Å². The highest BCUT2D eigenvalue weighted by molar-refractivity contribution is 8.15. The maximum absolute atomic E-state index is 12.5. The number of hydrogen-bond donors (Lipinski definition) is 1. The first-order chi connectivity index (χ1) is 13.4. The second-order valence-corrected chi connectivity index (χ2v) is 7.84. The molecule has 3 rings (SSSR count). The Kier molecular flexibility index (Phi) is 6.26. The number of hydrogen-bond acceptors (Lipinski definition) is 5. The molecule has 0 aromatic heterocycles. The van der Waals surface area contributed by atoms with Crippen molar-refractivity contribution in [3.8, 4) is 5.75 Å². The first-order valence-corrected chi connectivity index (χ1v) is 9.86. The topological polar surface area (TPSA) is 71.0 Å². The number of amides is 2. The minimum atomic E-state index is -0.513. The van der Waals surface area contributed by atoms with Gasteiger partial charge >= 0.3 is 0 Å². The van der Waals surface area contributed by atoms with Gasteiger partial charge in [-0.05, 0) is 48.9 Å². The van der Waals surface area contributed by atoms with Gasteiger partial charge in [-0.15, -0.1) is 0 Å². The molecule has 2 amide bonds. The molecule has 0 aliphatic carbocycles. The molecule has 28 heavy (non-hydrogen) atoms. The summed E-state index contributed by atoms with van der Waals surface area (Å²) in [6.07, 6.45) is 0.0629. The number of benzene rings is 2. The summed E-state index contributed by atoms with van der Waals surface area (Å²) in [4.78, 5) is 30.9. The second-order valence-electron chi connectivity index (χ2n) is 6.26. The van der Waals surface area contributed by atoms with E-state index in [2.05, 4.69) is 10.3 Å².